The Morgan fingerprint density at radius 3 is 2.22 bits per heavy atom. The van der Waals surface area contributed by atoms with Crippen molar-refractivity contribution in [2.24, 2.45) is 0 Å². The molecule has 1 saturated heterocycles. The lowest BCUT2D eigenvalue weighted by atomic mass is 9.93. The summed E-state index contributed by atoms with van der Waals surface area (Å²) in [5, 5.41) is 1.70. The van der Waals surface area contributed by atoms with Gasteiger partial charge in [-0.05, 0) is 54.6 Å². The summed E-state index contributed by atoms with van der Waals surface area (Å²) in [6, 6.07) is 21.2. The van der Waals surface area contributed by atoms with Gasteiger partial charge in [-0.2, -0.15) is 0 Å². The van der Waals surface area contributed by atoms with Crippen LogP contribution in [-0.4, -0.2) is 16.4 Å². The molecule has 0 aliphatic carbocycles. The Hall–Kier alpha value is -1.40. The van der Waals surface area contributed by atoms with Crippen LogP contribution in [0.2, 0.25) is 36.3 Å². The Morgan fingerprint density at radius 1 is 1.00 bits per heavy atom. The molecular weight excluding hydrogens is 427 g/mol. The molecule has 1 aliphatic rings. The fourth-order valence-corrected chi connectivity index (χ4v) is 11.2. The molecule has 1 heterocycles. The lowest BCUT2D eigenvalue weighted by Crippen LogP contribution is -2.49. The summed E-state index contributed by atoms with van der Waals surface area (Å²) in [5.41, 5.74) is 1.16. The largest absolute Gasteiger partial charge is 0.542 e. The van der Waals surface area contributed by atoms with Gasteiger partial charge in [-0.3, -0.25) is 0 Å². The Labute approximate surface area is 197 Å². The number of unbranched alkanes of at least 4 members (excludes halogenated alkanes) is 2. The molecule has 0 bridgehead atoms. The van der Waals surface area contributed by atoms with E-state index in [0.29, 0.717) is 11.7 Å². The van der Waals surface area contributed by atoms with Crippen molar-refractivity contribution in [3.8, 4) is 5.75 Å². The zero-order valence-electron chi connectivity index (χ0n) is 21.1. The van der Waals surface area contributed by atoms with Crippen molar-refractivity contribution < 1.29 is 8.82 Å². The van der Waals surface area contributed by atoms with Gasteiger partial charge in [0, 0.05) is 0 Å². The third-order valence-electron chi connectivity index (χ3n) is 8.19. The maximum Gasteiger partial charge on any atom is 0.250 e. The molecule has 176 valence electrons. The molecule has 1 nitrogen and oxygen atoms in total. The van der Waals surface area contributed by atoms with E-state index in [1.165, 1.54) is 50.2 Å². The quantitative estimate of drug-likeness (QED) is 0.277. The van der Waals surface area contributed by atoms with Gasteiger partial charge in [-0.25, -0.2) is 4.39 Å². The monoisotopic (exact) mass is 470 g/mol. The van der Waals surface area contributed by atoms with Crippen molar-refractivity contribution in [2.45, 2.75) is 102 Å². The summed E-state index contributed by atoms with van der Waals surface area (Å²) < 4.78 is 21.3. The summed E-state index contributed by atoms with van der Waals surface area (Å²) in [4.78, 5) is 0. The first-order chi connectivity index (χ1) is 15.1. The van der Waals surface area contributed by atoms with Crippen molar-refractivity contribution in [3.05, 3.63) is 59.9 Å². The molecule has 4 heteroatoms. The van der Waals surface area contributed by atoms with Crippen LogP contribution in [0.3, 0.4) is 0 Å². The van der Waals surface area contributed by atoms with E-state index in [2.05, 4.69) is 77.2 Å². The first-order valence-electron chi connectivity index (χ1n) is 12.6. The topological polar surface area (TPSA) is 9.23 Å². The van der Waals surface area contributed by atoms with Crippen LogP contribution in [0.4, 0.5) is 4.39 Å². The van der Waals surface area contributed by atoms with Gasteiger partial charge in [0.1, 0.15) is 5.75 Å². The number of benzene rings is 2. The van der Waals surface area contributed by atoms with E-state index in [0.717, 1.165) is 5.56 Å². The minimum absolute atomic E-state index is 0.0602. The van der Waals surface area contributed by atoms with Gasteiger partial charge >= 0.3 is 0 Å². The average molecular weight is 471 g/mol. The van der Waals surface area contributed by atoms with Crippen molar-refractivity contribution in [3.63, 3.8) is 0 Å². The lowest BCUT2D eigenvalue weighted by Gasteiger charge is -2.40. The van der Waals surface area contributed by atoms with Gasteiger partial charge < -0.3 is 4.43 Å². The summed E-state index contributed by atoms with van der Waals surface area (Å²) in [7, 11) is -3.50. The van der Waals surface area contributed by atoms with E-state index in [1.54, 1.807) is 11.3 Å². The molecule has 2 aromatic carbocycles. The molecule has 3 rings (SSSR count). The van der Waals surface area contributed by atoms with Gasteiger partial charge in [0.15, 0.2) is 5.82 Å². The third kappa shape index (κ3) is 5.74. The second kappa shape index (κ2) is 10.3. The van der Waals surface area contributed by atoms with Crippen molar-refractivity contribution in [2.75, 3.05) is 0 Å². The molecule has 32 heavy (non-hydrogen) atoms. The lowest BCUT2D eigenvalue weighted by molar-refractivity contribution is 0.455. The maximum atomic E-state index is 15.1. The third-order valence-corrected chi connectivity index (χ3v) is 17.9. The number of halogens is 1. The number of hydrogen-bond acceptors (Lipinski definition) is 1. The van der Waals surface area contributed by atoms with Crippen LogP contribution in [-0.2, 0) is 0 Å². The van der Waals surface area contributed by atoms with E-state index < -0.39 is 16.4 Å². The van der Waals surface area contributed by atoms with Crippen LogP contribution in [0.1, 0.15) is 71.3 Å². The zero-order chi connectivity index (χ0) is 23.4. The Bertz CT molecular complexity index is 865. The van der Waals surface area contributed by atoms with Gasteiger partial charge in [0.25, 0.3) is 8.32 Å². The van der Waals surface area contributed by atoms with Crippen LogP contribution in [0.15, 0.2) is 48.5 Å². The average Bonchev–Trinajstić information content (AvgIpc) is 2.75. The molecule has 0 radical (unpaired) electrons. The molecule has 0 unspecified atom stereocenters. The van der Waals surface area contributed by atoms with Crippen molar-refractivity contribution in [1.29, 1.82) is 0 Å². The van der Waals surface area contributed by atoms with Crippen LogP contribution < -0.4 is 9.61 Å². The Kier molecular flexibility index (Phi) is 8.08. The molecule has 1 fully saturated rings. The van der Waals surface area contributed by atoms with Crippen LogP contribution in [0.5, 0.6) is 5.75 Å². The van der Waals surface area contributed by atoms with Crippen LogP contribution in [0.25, 0.3) is 0 Å². The highest BCUT2D eigenvalue weighted by molar-refractivity contribution is 6.92. The molecule has 0 atom stereocenters. The highest BCUT2D eigenvalue weighted by Crippen LogP contribution is 2.42. The van der Waals surface area contributed by atoms with Crippen LogP contribution in [0, 0.1) is 5.82 Å². The first kappa shape index (κ1) is 25.2. The standard InChI is InChI=1S/C28H43FOSi2/c1-7-8-12-19-32(25-13-10-9-11-14-25)20-17-23(18-21-32)24-15-16-27(26(29)22-24)30-31(5,6)28(2,3)4/h9-11,13-16,22-23H,7-8,12,17-21H2,1-6H3. The predicted molar refractivity (Wildman–Crippen MR) is 142 cm³/mol. The Morgan fingerprint density at radius 2 is 1.66 bits per heavy atom. The van der Waals surface area contributed by atoms with Gasteiger partial charge in [-0.15, -0.1) is 0 Å². The molecule has 0 N–H and O–H groups in total. The highest BCUT2D eigenvalue weighted by atomic mass is 28.4. The first-order valence-corrected chi connectivity index (χ1v) is 18.1. The second-order valence-electron chi connectivity index (χ2n) is 11.4. The molecular formula is C28H43FOSi2. The Balaban J connectivity index is 1.73. The van der Waals surface area contributed by atoms with Crippen LogP contribution >= 0.6 is 0 Å². The van der Waals surface area contributed by atoms with E-state index in [1.807, 2.05) is 6.07 Å². The molecule has 0 spiro atoms. The minimum atomic E-state index is -2.04. The van der Waals surface area contributed by atoms with E-state index in [4.69, 9.17) is 4.43 Å². The van der Waals surface area contributed by atoms with E-state index in [-0.39, 0.29) is 10.9 Å². The van der Waals surface area contributed by atoms with E-state index in [9.17, 15) is 0 Å². The van der Waals surface area contributed by atoms with Crippen molar-refractivity contribution in [1.82, 2.24) is 0 Å². The maximum absolute atomic E-state index is 15.1. The number of hydrogen-bond donors (Lipinski definition) is 0. The fourth-order valence-electron chi connectivity index (χ4n) is 4.97. The van der Waals surface area contributed by atoms with Gasteiger partial charge in [-0.1, -0.05) is 107 Å². The molecule has 0 amide bonds. The molecule has 0 aromatic heterocycles. The molecule has 2 aromatic rings. The second-order valence-corrected chi connectivity index (χ2v) is 20.8. The summed E-state index contributed by atoms with van der Waals surface area (Å²) >= 11 is 0. The van der Waals surface area contributed by atoms with Gasteiger partial charge in [0.2, 0.25) is 0 Å². The van der Waals surface area contributed by atoms with E-state index >= 15 is 4.39 Å². The summed E-state index contributed by atoms with van der Waals surface area (Å²) in [5.74, 6) is 0.720. The normalized spacial score (nSPS) is 22.0. The minimum Gasteiger partial charge on any atom is -0.542 e. The van der Waals surface area contributed by atoms with Gasteiger partial charge in [0.05, 0.1) is 8.07 Å². The zero-order valence-corrected chi connectivity index (χ0v) is 23.1. The predicted octanol–water partition coefficient (Wildman–Crippen LogP) is 8.63. The summed E-state index contributed by atoms with van der Waals surface area (Å²) in [6.07, 6.45) is 6.36. The molecule has 0 saturated carbocycles. The highest BCUT2D eigenvalue weighted by Gasteiger charge is 2.40. The molecule has 1 aliphatic heterocycles. The summed E-state index contributed by atoms with van der Waals surface area (Å²) in [6.45, 7) is 13.2. The van der Waals surface area contributed by atoms with Crippen molar-refractivity contribution >= 4 is 21.6 Å². The number of rotatable bonds is 8. The smallest absolute Gasteiger partial charge is 0.250 e. The fraction of sp³-hybridized carbons (Fsp3) is 0.571. The SMILES string of the molecule is CCCCC[Si]1(c2ccccc2)CCC(c2ccc(O[Si](C)(C)C(C)(C)C)c(F)c2)CC1.